The normalized spacial score (nSPS) is 12.5. The molecule has 2 aromatic carbocycles. The highest BCUT2D eigenvalue weighted by atomic mass is 79.9. The minimum absolute atomic E-state index is 0.113. The zero-order chi connectivity index (χ0) is 14.2. The molecule has 100 valence electrons. The van der Waals surface area contributed by atoms with Crippen LogP contribution < -0.4 is 0 Å². The fourth-order valence-corrected chi connectivity index (χ4v) is 2.61. The summed E-state index contributed by atoms with van der Waals surface area (Å²) in [6.07, 6.45) is -1.11. The molecule has 0 saturated heterocycles. The van der Waals surface area contributed by atoms with Crippen LogP contribution in [0, 0.1) is 5.82 Å². The molecule has 2 aromatic rings. The van der Waals surface area contributed by atoms with E-state index in [-0.39, 0.29) is 5.56 Å². The standard InChI is InChI=1S/C13H7Br2Cl2FO/c14-8-3-6(1-2-10(8)16)13(19)7-4-11(17)9(15)5-12(7)18/h1-5,13,19H. The molecule has 19 heavy (non-hydrogen) atoms. The third kappa shape index (κ3) is 3.31. The van der Waals surface area contributed by atoms with E-state index in [4.69, 9.17) is 23.2 Å². The van der Waals surface area contributed by atoms with Crippen LogP contribution in [0.5, 0.6) is 0 Å². The third-order valence-corrected chi connectivity index (χ3v) is 5.00. The minimum Gasteiger partial charge on any atom is -0.384 e. The summed E-state index contributed by atoms with van der Waals surface area (Å²) in [6, 6.07) is 7.53. The smallest absolute Gasteiger partial charge is 0.130 e. The lowest BCUT2D eigenvalue weighted by Crippen LogP contribution is -2.03. The summed E-state index contributed by atoms with van der Waals surface area (Å²) in [6.45, 7) is 0. The van der Waals surface area contributed by atoms with Crippen molar-refractivity contribution in [2.45, 2.75) is 6.10 Å². The van der Waals surface area contributed by atoms with Crippen LogP contribution >= 0.6 is 55.1 Å². The molecule has 0 amide bonds. The van der Waals surface area contributed by atoms with E-state index in [0.717, 1.165) is 0 Å². The second-order valence-electron chi connectivity index (χ2n) is 3.86. The minimum atomic E-state index is -1.11. The molecule has 0 aliphatic heterocycles. The zero-order valence-corrected chi connectivity index (χ0v) is 14.0. The van der Waals surface area contributed by atoms with Crippen molar-refractivity contribution >= 4 is 55.1 Å². The lowest BCUT2D eigenvalue weighted by Gasteiger charge is -2.14. The quantitative estimate of drug-likeness (QED) is 0.605. The van der Waals surface area contributed by atoms with Crippen molar-refractivity contribution in [2.24, 2.45) is 0 Å². The first-order chi connectivity index (χ1) is 8.90. The van der Waals surface area contributed by atoms with Crippen molar-refractivity contribution in [3.05, 3.63) is 66.3 Å². The summed E-state index contributed by atoms with van der Waals surface area (Å²) in [5.74, 6) is -0.533. The summed E-state index contributed by atoms with van der Waals surface area (Å²) in [5.41, 5.74) is 0.635. The van der Waals surface area contributed by atoms with Crippen molar-refractivity contribution in [1.29, 1.82) is 0 Å². The van der Waals surface area contributed by atoms with Gasteiger partial charge >= 0.3 is 0 Å². The molecule has 0 radical (unpaired) electrons. The Bertz CT molecular complexity index is 634. The van der Waals surface area contributed by atoms with Gasteiger partial charge in [0.05, 0.1) is 10.0 Å². The Morgan fingerprint density at radius 1 is 1.00 bits per heavy atom. The Morgan fingerprint density at radius 3 is 2.26 bits per heavy atom. The number of benzene rings is 2. The van der Waals surface area contributed by atoms with E-state index in [0.29, 0.717) is 24.6 Å². The summed E-state index contributed by atoms with van der Waals surface area (Å²) < 4.78 is 14.9. The van der Waals surface area contributed by atoms with E-state index in [9.17, 15) is 9.50 Å². The lowest BCUT2D eigenvalue weighted by atomic mass is 10.0. The maximum absolute atomic E-state index is 13.9. The molecular weight excluding hydrogens is 422 g/mol. The van der Waals surface area contributed by atoms with Gasteiger partial charge in [-0.2, -0.15) is 0 Å². The summed E-state index contributed by atoms with van der Waals surface area (Å²) in [7, 11) is 0. The molecule has 0 aliphatic carbocycles. The number of rotatable bonds is 2. The number of aliphatic hydroxyl groups is 1. The van der Waals surface area contributed by atoms with Gasteiger partial charge in [-0.15, -0.1) is 0 Å². The highest BCUT2D eigenvalue weighted by Gasteiger charge is 2.17. The van der Waals surface area contributed by atoms with Crippen molar-refractivity contribution in [1.82, 2.24) is 0 Å². The van der Waals surface area contributed by atoms with Crippen LogP contribution in [0.3, 0.4) is 0 Å². The van der Waals surface area contributed by atoms with Crippen LogP contribution in [0.2, 0.25) is 10.0 Å². The maximum Gasteiger partial charge on any atom is 0.130 e. The SMILES string of the molecule is OC(c1ccc(Cl)c(Br)c1)c1cc(Cl)c(Br)cc1F. The van der Waals surface area contributed by atoms with E-state index in [1.54, 1.807) is 18.2 Å². The van der Waals surface area contributed by atoms with Gasteiger partial charge in [-0.1, -0.05) is 29.3 Å². The molecule has 1 N–H and O–H groups in total. The average molecular weight is 429 g/mol. The van der Waals surface area contributed by atoms with Crippen molar-refractivity contribution < 1.29 is 9.50 Å². The molecule has 6 heteroatoms. The van der Waals surface area contributed by atoms with Gasteiger partial charge in [0.25, 0.3) is 0 Å². The molecule has 1 unspecified atom stereocenters. The number of halogens is 5. The Balaban J connectivity index is 2.46. The van der Waals surface area contributed by atoms with E-state index >= 15 is 0 Å². The van der Waals surface area contributed by atoms with Crippen LogP contribution in [0.15, 0.2) is 39.3 Å². The Morgan fingerprint density at radius 2 is 1.63 bits per heavy atom. The van der Waals surface area contributed by atoms with Gasteiger partial charge in [-0.25, -0.2) is 4.39 Å². The second kappa shape index (κ2) is 6.10. The predicted octanol–water partition coefficient (Wildman–Crippen LogP) is 5.74. The number of hydrogen-bond acceptors (Lipinski definition) is 1. The molecule has 0 heterocycles. The summed E-state index contributed by atoms with van der Waals surface area (Å²) >= 11 is 18.2. The Kier molecular flexibility index (Phi) is 4.90. The van der Waals surface area contributed by atoms with Crippen LogP contribution in [-0.4, -0.2) is 5.11 Å². The molecule has 0 saturated carbocycles. The van der Waals surface area contributed by atoms with Crippen molar-refractivity contribution in [2.75, 3.05) is 0 Å². The fourth-order valence-electron chi connectivity index (χ4n) is 1.61. The molecule has 0 bridgehead atoms. The molecule has 0 aromatic heterocycles. The first kappa shape index (κ1) is 15.3. The molecule has 1 nitrogen and oxygen atoms in total. The highest BCUT2D eigenvalue weighted by molar-refractivity contribution is 9.10. The van der Waals surface area contributed by atoms with Crippen molar-refractivity contribution in [3.8, 4) is 0 Å². The van der Waals surface area contributed by atoms with Crippen molar-refractivity contribution in [3.63, 3.8) is 0 Å². The van der Waals surface area contributed by atoms with E-state index < -0.39 is 11.9 Å². The Labute approximate surface area is 136 Å². The maximum atomic E-state index is 13.9. The van der Waals surface area contributed by atoms with Crippen LogP contribution in [0.1, 0.15) is 17.2 Å². The van der Waals surface area contributed by atoms with Gasteiger partial charge in [0.15, 0.2) is 0 Å². The first-order valence-electron chi connectivity index (χ1n) is 5.17. The Hall–Kier alpha value is -0.130. The van der Waals surface area contributed by atoms with Gasteiger partial charge < -0.3 is 5.11 Å². The number of aliphatic hydroxyl groups excluding tert-OH is 1. The van der Waals surface area contributed by atoms with Crippen LogP contribution in [-0.2, 0) is 0 Å². The molecule has 1 atom stereocenters. The van der Waals surface area contributed by atoms with Gasteiger partial charge in [-0.3, -0.25) is 0 Å². The highest BCUT2D eigenvalue weighted by Crippen LogP contribution is 2.33. The van der Waals surface area contributed by atoms with E-state index in [2.05, 4.69) is 31.9 Å². The fraction of sp³-hybridized carbons (Fsp3) is 0.0769. The third-order valence-electron chi connectivity index (χ3n) is 2.59. The largest absolute Gasteiger partial charge is 0.384 e. The number of hydrogen-bond donors (Lipinski definition) is 1. The second-order valence-corrected chi connectivity index (χ2v) is 6.39. The van der Waals surface area contributed by atoms with E-state index in [1.807, 2.05) is 0 Å². The molecule has 0 fully saturated rings. The van der Waals surface area contributed by atoms with Crippen LogP contribution in [0.25, 0.3) is 0 Å². The van der Waals surface area contributed by atoms with Gasteiger partial charge in [0.2, 0.25) is 0 Å². The molecule has 2 rings (SSSR count). The van der Waals surface area contributed by atoms with E-state index in [1.165, 1.54) is 12.1 Å². The monoisotopic (exact) mass is 426 g/mol. The topological polar surface area (TPSA) is 20.2 Å². The average Bonchev–Trinajstić information content (AvgIpc) is 2.36. The van der Waals surface area contributed by atoms with Crippen LogP contribution in [0.4, 0.5) is 4.39 Å². The molecular formula is C13H7Br2Cl2FO. The predicted molar refractivity (Wildman–Crippen MR) is 82.3 cm³/mol. The van der Waals surface area contributed by atoms with Gasteiger partial charge in [0.1, 0.15) is 11.9 Å². The molecule has 0 spiro atoms. The summed E-state index contributed by atoms with van der Waals surface area (Å²) in [5, 5.41) is 11.1. The van der Waals surface area contributed by atoms with Gasteiger partial charge in [0, 0.05) is 14.5 Å². The van der Waals surface area contributed by atoms with Gasteiger partial charge in [-0.05, 0) is 61.7 Å². The zero-order valence-electron chi connectivity index (χ0n) is 9.30. The molecule has 0 aliphatic rings. The summed E-state index contributed by atoms with van der Waals surface area (Å²) in [4.78, 5) is 0. The lowest BCUT2D eigenvalue weighted by molar-refractivity contribution is 0.215. The first-order valence-corrected chi connectivity index (χ1v) is 7.52.